The van der Waals surface area contributed by atoms with Crippen LogP contribution in [0.1, 0.15) is 44.0 Å². The van der Waals surface area contributed by atoms with E-state index in [2.05, 4.69) is 17.9 Å². The second kappa shape index (κ2) is 8.31. The number of carbonyl (C=O) groups is 2. The topological polar surface area (TPSA) is 78.9 Å². The van der Waals surface area contributed by atoms with Crippen molar-refractivity contribution < 1.29 is 19.4 Å². The molecule has 0 radical (unpaired) electrons. The maximum Gasteiger partial charge on any atom is 0.323 e. The Labute approximate surface area is 160 Å². The van der Waals surface area contributed by atoms with Crippen LogP contribution in [0.15, 0.2) is 24.3 Å². The maximum absolute atomic E-state index is 12.5. The molecule has 0 aromatic heterocycles. The van der Waals surface area contributed by atoms with Crippen molar-refractivity contribution in [1.29, 1.82) is 0 Å². The van der Waals surface area contributed by atoms with Crippen molar-refractivity contribution in [1.82, 2.24) is 10.2 Å². The van der Waals surface area contributed by atoms with Gasteiger partial charge in [-0.3, -0.25) is 14.5 Å². The quantitative estimate of drug-likeness (QED) is 0.539. The molecule has 1 heterocycles. The highest BCUT2D eigenvalue weighted by Gasteiger charge is 2.41. The number of esters is 1. The fourth-order valence-corrected chi connectivity index (χ4v) is 3.62. The fourth-order valence-electron chi connectivity index (χ4n) is 3.28. The minimum absolute atomic E-state index is 0.0279. The van der Waals surface area contributed by atoms with Crippen LogP contribution in [0.3, 0.4) is 0 Å². The number of nitrogens with one attached hydrogen (secondary N) is 1. The number of likely N-dealkylation sites (tertiary alicyclic amines) is 1. The van der Waals surface area contributed by atoms with Crippen LogP contribution in [-0.2, 0) is 9.53 Å². The lowest BCUT2D eigenvalue weighted by atomic mass is 10.1. The van der Waals surface area contributed by atoms with Crippen LogP contribution in [0.5, 0.6) is 5.75 Å². The van der Waals surface area contributed by atoms with E-state index in [9.17, 15) is 14.7 Å². The molecule has 1 fully saturated rings. The predicted octanol–water partition coefficient (Wildman–Crippen LogP) is 2.22. The Morgan fingerprint density at radius 3 is 2.58 bits per heavy atom. The van der Waals surface area contributed by atoms with Gasteiger partial charge in [0.05, 0.1) is 11.6 Å². The van der Waals surface area contributed by atoms with Crippen molar-refractivity contribution in [3.8, 4) is 5.75 Å². The standard InChI is InChI=1S/C19H28N2O4S/c1-19(2,3)25-18(24)15-10-9-14(21(15)4)13(11-26)20-17(23)12-7-5-6-8-16(12)22/h5-8,13-15,22,26H,9-11H2,1-4H3,(H,20,23)/t13-,14+,15+/m0/s1. The molecule has 1 amide bonds. The van der Waals surface area contributed by atoms with E-state index in [-0.39, 0.29) is 41.3 Å². The average Bonchev–Trinajstić information content (AvgIpc) is 2.93. The fraction of sp³-hybridized carbons (Fsp3) is 0.579. The van der Waals surface area contributed by atoms with Gasteiger partial charge in [-0.05, 0) is 52.8 Å². The smallest absolute Gasteiger partial charge is 0.323 e. The van der Waals surface area contributed by atoms with Crippen LogP contribution < -0.4 is 5.32 Å². The molecule has 2 N–H and O–H groups in total. The lowest BCUT2D eigenvalue weighted by molar-refractivity contribution is -0.160. The molecule has 0 unspecified atom stereocenters. The van der Waals surface area contributed by atoms with E-state index in [1.54, 1.807) is 18.2 Å². The van der Waals surface area contributed by atoms with E-state index in [0.717, 1.165) is 6.42 Å². The number of thiol groups is 1. The molecule has 7 heteroatoms. The maximum atomic E-state index is 12.5. The minimum Gasteiger partial charge on any atom is -0.507 e. The first-order valence-corrected chi connectivity index (χ1v) is 9.42. The van der Waals surface area contributed by atoms with Gasteiger partial charge in [-0.1, -0.05) is 12.1 Å². The Hall–Kier alpha value is -1.73. The Bertz CT molecular complexity index is 659. The second-order valence-electron chi connectivity index (χ2n) is 7.64. The molecule has 2 rings (SSSR count). The first-order chi connectivity index (χ1) is 12.1. The molecule has 3 atom stereocenters. The van der Waals surface area contributed by atoms with Crippen LogP contribution in [-0.4, -0.2) is 58.4 Å². The Kier molecular flexibility index (Phi) is 6.58. The van der Waals surface area contributed by atoms with Gasteiger partial charge in [0.25, 0.3) is 5.91 Å². The summed E-state index contributed by atoms with van der Waals surface area (Å²) >= 11 is 4.37. The number of nitrogens with zero attached hydrogens (tertiary/aromatic N) is 1. The number of likely N-dealkylation sites (N-methyl/N-ethyl adjacent to an activating group) is 1. The minimum atomic E-state index is -0.530. The van der Waals surface area contributed by atoms with Crippen molar-refractivity contribution in [2.24, 2.45) is 0 Å². The van der Waals surface area contributed by atoms with Crippen LogP contribution in [0, 0.1) is 0 Å². The summed E-state index contributed by atoms with van der Waals surface area (Å²) in [6.07, 6.45) is 1.43. The second-order valence-corrected chi connectivity index (χ2v) is 8.00. The number of benzene rings is 1. The van der Waals surface area contributed by atoms with Crippen LogP contribution in [0.4, 0.5) is 0 Å². The molecule has 1 aliphatic rings. The van der Waals surface area contributed by atoms with Crippen molar-refractivity contribution in [3.63, 3.8) is 0 Å². The van der Waals surface area contributed by atoms with Gasteiger partial charge < -0.3 is 15.2 Å². The Balaban J connectivity index is 2.05. The van der Waals surface area contributed by atoms with Gasteiger partial charge in [0.1, 0.15) is 17.4 Å². The van der Waals surface area contributed by atoms with Crippen molar-refractivity contribution in [2.45, 2.75) is 57.3 Å². The zero-order chi connectivity index (χ0) is 19.5. The van der Waals surface area contributed by atoms with Crippen LogP contribution in [0.25, 0.3) is 0 Å². The molecule has 0 saturated carbocycles. The van der Waals surface area contributed by atoms with Gasteiger partial charge in [0.15, 0.2) is 0 Å². The van der Waals surface area contributed by atoms with Gasteiger partial charge >= 0.3 is 5.97 Å². The SMILES string of the molecule is CN1[C@@H](C(=O)OC(C)(C)C)CC[C@@H]1[C@H](CS)NC(=O)c1ccccc1O. The summed E-state index contributed by atoms with van der Waals surface area (Å²) in [5, 5.41) is 12.8. The third kappa shape index (κ3) is 4.92. The molecule has 0 bridgehead atoms. The van der Waals surface area contributed by atoms with E-state index in [0.29, 0.717) is 12.2 Å². The molecular weight excluding hydrogens is 352 g/mol. The number of hydrogen-bond acceptors (Lipinski definition) is 6. The van der Waals surface area contributed by atoms with E-state index in [1.807, 2.05) is 32.7 Å². The Morgan fingerprint density at radius 1 is 1.35 bits per heavy atom. The third-order valence-electron chi connectivity index (χ3n) is 4.56. The molecule has 144 valence electrons. The van der Waals surface area contributed by atoms with Gasteiger partial charge in [0, 0.05) is 11.8 Å². The summed E-state index contributed by atoms with van der Waals surface area (Å²) in [7, 11) is 1.87. The van der Waals surface area contributed by atoms with Gasteiger partial charge in [-0.25, -0.2) is 0 Å². The summed E-state index contributed by atoms with van der Waals surface area (Å²) in [5.41, 5.74) is -0.304. The summed E-state index contributed by atoms with van der Waals surface area (Å²) in [6, 6.07) is 5.81. The van der Waals surface area contributed by atoms with Crippen LogP contribution >= 0.6 is 12.6 Å². The van der Waals surface area contributed by atoms with Gasteiger partial charge in [-0.15, -0.1) is 0 Å². The average molecular weight is 381 g/mol. The molecule has 1 aliphatic heterocycles. The number of carbonyl (C=O) groups excluding carboxylic acids is 2. The summed E-state index contributed by atoms with van der Waals surface area (Å²) in [6.45, 7) is 5.54. The molecule has 1 aromatic carbocycles. The van der Waals surface area contributed by atoms with E-state index < -0.39 is 5.60 Å². The van der Waals surface area contributed by atoms with E-state index in [4.69, 9.17) is 4.74 Å². The summed E-state index contributed by atoms with van der Waals surface area (Å²) < 4.78 is 5.50. The number of rotatable bonds is 5. The highest BCUT2D eigenvalue weighted by molar-refractivity contribution is 7.80. The normalized spacial score (nSPS) is 22.0. The molecule has 1 saturated heterocycles. The highest BCUT2D eigenvalue weighted by Crippen LogP contribution is 2.28. The first-order valence-electron chi connectivity index (χ1n) is 8.78. The number of amides is 1. The van der Waals surface area contributed by atoms with Gasteiger partial charge in [-0.2, -0.15) is 12.6 Å². The molecule has 0 aliphatic carbocycles. The summed E-state index contributed by atoms with van der Waals surface area (Å²) in [5.74, 6) is -0.229. The van der Waals surface area contributed by atoms with E-state index >= 15 is 0 Å². The van der Waals surface area contributed by atoms with E-state index in [1.165, 1.54) is 6.07 Å². The van der Waals surface area contributed by atoms with Crippen molar-refractivity contribution >= 4 is 24.5 Å². The summed E-state index contributed by atoms with van der Waals surface area (Å²) in [4.78, 5) is 26.9. The third-order valence-corrected chi connectivity index (χ3v) is 4.95. The lowest BCUT2D eigenvalue weighted by Crippen LogP contribution is -2.52. The zero-order valence-corrected chi connectivity index (χ0v) is 16.6. The lowest BCUT2D eigenvalue weighted by Gasteiger charge is -2.32. The number of ether oxygens (including phenoxy) is 1. The highest BCUT2D eigenvalue weighted by atomic mass is 32.1. The zero-order valence-electron chi connectivity index (χ0n) is 15.7. The number of phenolic OH excluding ortho intramolecular Hbond substituents is 1. The van der Waals surface area contributed by atoms with Gasteiger partial charge in [0.2, 0.25) is 0 Å². The van der Waals surface area contributed by atoms with Crippen molar-refractivity contribution in [3.05, 3.63) is 29.8 Å². The molecule has 1 aromatic rings. The predicted molar refractivity (Wildman–Crippen MR) is 104 cm³/mol. The molecule has 6 nitrogen and oxygen atoms in total. The number of aromatic hydroxyl groups is 1. The Morgan fingerprint density at radius 2 is 2.00 bits per heavy atom. The number of hydrogen-bond donors (Lipinski definition) is 3. The molecular formula is C19H28N2O4S. The monoisotopic (exact) mass is 380 g/mol. The number of phenols is 1. The molecule has 0 spiro atoms. The van der Waals surface area contributed by atoms with Crippen LogP contribution in [0.2, 0.25) is 0 Å². The molecule has 26 heavy (non-hydrogen) atoms. The first kappa shape index (κ1) is 20.6. The van der Waals surface area contributed by atoms with Crippen molar-refractivity contribution in [2.75, 3.05) is 12.8 Å². The largest absolute Gasteiger partial charge is 0.507 e. The number of para-hydroxylation sites is 1.